The maximum atomic E-state index is 10.8. The predicted octanol–water partition coefficient (Wildman–Crippen LogP) is 3.60. The minimum absolute atomic E-state index is 0.0317. The second-order valence-electron chi connectivity index (χ2n) is 4.87. The van der Waals surface area contributed by atoms with Crippen LogP contribution in [0.15, 0.2) is 28.9 Å². The summed E-state index contributed by atoms with van der Waals surface area (Å²) in [7, 11) is 0. The Balaban J connectivity index is 1.88. The van der Waals surface area contributed by atoms with E-state index in [1.165, 1.54) is 11.1 Å². The van der Waals surface area contributed by atoms with Gasteiger partial charge in [-0.25, -0.2) is 4.79 Å². The highest BCUT2D eigenvalue weighted by molar-refractivity contribution is 5.84. The van der Waals surface area contributed by atoms with Crippen molar-refractivity contribution in [2.75, 3.05) is 0 Å². The molecule has 5 nitrogen and oxygen atoms in total. The maximum Gasteiger partial charge on any atom is 0.399 e. The minimum Gasteiger partial charge on any atom is -0.476 e. The average molecular weight is 273 g/mol. The van der Waals surface area contributed by atoms with Gasteiger partial charge >= 0.3 is 12.0 Å². The van der Waals surface area contributed by atoms with Crippen LogP contribution in [0.3, 0.4) is 0 Å². The van der Waals surface area contributed by atoms with Gasteiger partial charge in [0.1, 0.15) is 12.0 Å². The number of carboxylic acids is 1. The van der Waals surface area contributed by atoms with Crippen molar-refractivity contribution in [3.63, 3.8) is 0 Å². The molecule has 1 atom stereocenters. The van der Waals surface area contributed by atoms with E-state index in [0.717, 1.165) is 25.5 Å². The summed E-state index contributed by atoms with van der Waals surface area (Å²) >= 11 is 0. The number of hydrogen-bond acceptors (Lipinski definition) is 4. The third-order valence-electron chi connectivity index (χ3n) is 3.74. The zero-order chi connectivity index (χ0) is 14.1. The smallest absolute Gasteiger partial charge is 0.399 e. The Morgan fingerprint density at radius 2 is 2.40 bits per heavy atom. The zero-order valence-corrected chi connectivity index (χ0v) is 11.1. The third kappa shape index (κ3) is 2.15. The molecular formula is C15H15NO4. The molecule has 0 spiro atoms. The lowest BCUT2D eigenvalue weighted by Gasteiger charge is -2.10. The van der Waals surface area contributed by atoms with E-state index in [0.29, 0.717) is 11.7 Å². The number of ether oxygens (including phenoxy) is 1. The molecule has 2 aromatic rings. The fourth-order valence-corrected chi connectivity index (χ4v) is 2.72. The predicted molar refractivity (Wildman–Crippen MR) is 71.3 cm³/mol. The van der Waals surface area contributed by atoms with Crippen molar-refractivity contribution in [1.82, 2.24) is 4.98 Å². The molecule has 1 heterocycles. The SMILES string of the molecule is CCC1CCc2c(Oc3nc(C(=O)O)co3)cccc21. The van der Waals surface area contributed by atoms with Crippen LogP contribution in [0.2, 0.25) is 0 Å². The van der Waals surface area contributed by atoms with E-state index in [2.05, 4.69) is 18.0 Å². The van der Waals surface area contributed by atoms with Crippen LogP contribution in [-0.4, -0.2) is 16.1 Å². The molecule has 3 rings (SSSR count). The van der Waals surface area contributed by atoms with Crippen LogP contribution >= 0.6 is 0 Å². The average Bonchev–Trinajstić information content (AvgIpc) is 3.05. The summed E-state index contributed by atoms with van der Waals surface area (Å²) in [5, 5.41) is 8.81. The monoisotopic (exact) mass is 273 g/mol. The fraction of sp³-hybridized carbons (Fsp3) is 0.333. The Morgan fingerprint density at radius 1 is 1.55 bits per heavy atom. The molecule has 0 aliphatic heterocycles. The van der Waals surface area contributed by atoms with Gasteiger partial charge < -0.3 is 14.3 Å². The summed E-state index contributed by atoms with van der Waals surface area (Å²) in [6, 6.07) is 5.94. The number of benzene rings is 1. The van der Waals surface area contributed by atoms with E-state index in [-0.39, 0.29) is 11.8 Å². The van der Waals surface area contributed by atoms with E-state index in [1.54, 1.807) is 0 Å². The first-order chi connectivity index (χ1) is 9.69. The highest BCUT2D eigenvalue weighted by Crippen LogP contribution is 2.40. The van der Waals surface area contributed by atoms with Crippen LogP contribution in [0.25, 0.3) is 0 Å². The number of nitrogens with zero attached hydrogens (tertiary/aromatic N) is 1. The van der Waals surface area contributed by atoms with E-state index >= 15 is 0 Å². The van der Waals surface area contributed by atoms with E-state index in [4.69, 9.17) is 14.3 Å². The van der Waals surface area contributed by atoms with Gasteiger partial charge in [0.15, 0.2) is 5.69 Å². The van der Waals surface area contributed by atoms with Gasteiger partial charge in [-0.3, -0.25) is 0 Å². The van der Waals surface area contributed by atoms with Crippen LogP contribution in [-0.2, 0) is 6.42 Å². The summed E-state index contributed by atoms with van der Waals surface area (Å²) in [4.78, 5) is 14.5. The molecule has 5 heteroatoms. The molecule has 1 unspecified atom stereocenters. The molecule has 0 fully saturated rings. The number of carboxylic acid groups (broad SMARTS) is 1. The van der Waals surface area contributed by atoms with E-state index in [1.807, 2.05) is 12.1 Å². The molecule has 0 amide bonds. The summed E-state index contributed by atoms with van der Waals surface area (Å²) in [6.07, 6.45) is 4.25. The summed E-state index contributed by atoms with van der Waals surface area (Å²) in [5.74, 6) is 0.151. The number of oxazole rings is 1. The van der Waals surface area contributed by atoms with E-state index < -0.39 is 5.97 Å². The number of hydrogen-bond donors (Lipinski definition) is 1. The summed E-state index contributed by atoms with van der Waals surface area (Å²) in [6.45, 7) is 2.18. The Bertz CT molecular complexity index is 647. The largest absolute Gasteiger partial charge is 0.476 e. The second kappa shape index (κ2) is 5.00. The van der Waals surface area contributed by atoms with Crippen LogP contribution < -0.4 is 4.74 Å². The van der Waals surface area contributed by atoms with Crippen LogP contribution in [0.5, 0.6) is 11.8 Å². The van der Waals surface area contributed by atoms with Gasteiger partial charge in [-0.1, -0.05) is 19.1 Å². The molecule has 0 saturated heterocycles. The molecule has 104 valence electrons. The fourth-order valence-electron chi connectivity index (χ4n) is 2.72. The lowest BCUT2D eigenvalue weighted by molar-refractivity contribution is 0.0690. The molecule has 1 aromatic heterocycles. The van der Waals surface area contributed by atoms with Gasteiger partial charge in [0.05, 0.1) is 0 Å². The number of rotatable bonds is 4. The molecule has 0 saturated carbocycles. The van der Waals surface area contributed by atoms with Crippen LogP contribution in [0.4, 0.5) is 0 Å². The first-order valence-electron chi connectivity index (χ1n) is 6.67. The van der Waals surface area contributed by atoms with Crippen molar-refractivity contribution in [3.05, 3.63) is 41.3 Å². The Morgan fingerprint density at radius 3 is 3.10 bits per heavy atom. The molecule has 0 radical (unpaired) electrons. The van der Waals surface area contributed by atoms with Crippen molar-refractivity contribution >= 4 is 5.97 Å². The quantitative estimate of drug-likeness (QED) is 0.921. The van der Waals surface area contributed by atoms with Gasteiger partial charge in [-0.05, 0) is 42.4 Å². The van der Waals surface area contributed by atoms with Crippen molar-refractivity contribution in [1.29, 1.82) is 0 Å². The van der Waals surface area contributed by atoms with Gasteiger partial charge in [0.25, 0.3) is 0 Å². The summed E-state index contributed by atoms with van der Waals surface area (Å²) < 4.78 is 10.6. The van der Waals surface area contributed by atoms with E-state index in [9.17, 15) is 4.79 Å². The van der Waals surface area contributed by atoms with Gasteiger partial charge in [-0.2, -0.15) is 4.98 Å². The first-order valence-corrected chi connectivity index (χ1v) is 6.67. The number of fused-ring (bicyclic) bond motifs is 1. The Hall–Kier alpha value is -2.30. The van der Waals surface area contributed by atoms with Crippen molar-refractivity contribution in [2.24, 2.45) is 0 Å². The molecule has 1 aliphatic rings. The van der Waals surface area contributed by atoms with Crippen molar-refractivity contribution in [2.45, 2.75) is 32.1 Å². The molecule has 0 bridgehead atoms. The van der Waals surface area contributed by atoms with Crippen molar-refractivity contribution in [3.8, 4) is 11.8 Å². The zero-order valence-electron chi connectivity index (χ0n) is 11.1. The van der Waals surface area contributed by atoms with Gasteiger partial charge in [-0.15, -0.1) is 0 Å². The molecular weight excluding hydrogens is 258 g/mol. The molecule has 1 N–H and O–H groups in total. The third-order valence-corrected chi connectivity index (χ3v) is 3.74. The molecule has 1 aromatic carbocycles. The number of carbonyl (C=O) groups is 1. The first kappa shape index (κ1) is 12.7. The van der Waals surface area contributed by atoms with Crippen LogP contribution in [0.1, 0.15) is 47.3 Å². The maximum absolute atomic E-state index is 10.8. The summed E-state index contributed by atoms with van der Waals surface area (Å²) in [5.41, 5.74) is 2.34. The van der Waals surface area contributed by atoms with Crippen LogP contribution in [0, 0.1) is 0 Å². The number of aromatic nitrogens is 1. The Labute approximate surface area is 116 Å². The highest BCUT2D eigenvalue weighted by Gasteiger charge is 2.24. The second-order valence-corrected chi connectivity index (χ2v) is 4.87. The molecule has 1 aliphatic carbocycles. The van der Waals surface area contributed by atoms with Gasteiger partial charge in [0, 0.05) is 0 Å². The molecule has 20 heavy (non-hydrogen) atoms. The van der Waals surface area contributed by atoms with Crippen molar-refractivity contribution < 1.29 is 19.1 Å². The normalized spacial score (nSPS) is 16.9. The highest BCUT2D eigenvalue weighted by atomic mass is 16.6. The minimum atomic E-state index is -1.13. The lowest BCUT2D eigenvalue weighted by Crippen LogP contribution is -1.96. The lowest BCUT2D eigenvalue weighted by atomic mass is 9.99. The Kier molecular flexibility index (Phi) is 3.18. The number of aromatic carboxylic acids is 1. The van der Waals surface area contributed by atoms with Gasteiger partial charge in [0.2, 0.25) is 0 Å². The standard InChI is InChI=1S/C15H15NO4/c1-2-9-6-7-11-10(9)4-3-5-13(11)20-15-16-12(8-19-15)14(17)18/h3-5,8-9H,2,6-7H2,1H3,(H,17,18). The topological polar surface area (TPSA) is 72.6 Å².